The van der Waals surface area contributed by atoms with Crippen molar-refractivity contribution in [2.24, 2.45) is 0 Å². The summed E-state index contributed by atoms with van der Waals surface area (Å²) in [6, 6.07) is 5.43. The molecule has 0 atom stereocenters. The van der Waals surface area contributed by atoms with E-state index >= 15 is 0 Å². The molecule has 0 heterocycles. The van der Waals surface area contributed by atoms with Crippen LogP contribution in [-0.4, -0.2) is 17.3 Å². The minimum absolute atomic E-state index is 0.761. The third-order valence-corrected chi connectivity index (χ3v) is 1.85. The Morgan fingerprint density at radius 3 is 2.12 bits per heavy atom. The van der Waals surface area contributed by atoms with Crippen molar-refractivity contribution in [3.05, 3.63) is 28.8 Å². The van der Waals surface area contributed by atoms with Gasteiger partial charge in [0.15, 0.2) is 0 Å². The Balaban J connectivity index is 0.000000293. The topological polar surface area (TPSA) is 63.3 Å². The summed E-state index contributed by atoms with van der Waals surface area (Å²) in [6.07, 6.45) is -5.08. The van der Waals surface area contributed by atoms with Gasteiger partial charge in [0.2, 0.25) is 0 Å². The van der Waals surface area contributed by atoms with E-state index in [1.54, 1.807) is 12.1 Å². The zero-order chi connectivity index (χ0) is 12.9. The summed E-state index contributed by atoms with van der Waals surface area (Å²) < 4.78 is 31.7. The molecule has 1 rings (SSSR count). The van der Waals surface area contributed by atoms with Gasteiger partial charge in [-0.25, -0.2) is 4.79 Å². The van der Waals surface area contributed by atoms with Crippen LogP contribution in [0.3, 0.4) is 0 Å². The van der Waals surface area contributed by atoms with E-state index in [1.807, 2.05) is 13.0 Å². The second kappa shape index (κ2) is 5.60. The minimum atomic E-state index is -5.08. The molecule has 0 spiro atoms. The van der Waals surface area contributed by atoms with Gasteiger partial charge in [0.1, 0.15) is 0 Å². The van der Waals surface area contributed by atoms with Crippen LogP contribution in [0.2, 0.25) is 5.02 Å². The summed E-state index contributed by atoms with van der Waals surface area (Å²) >= 11 is 5.73. The SMILES string of the molecule is Cc1cc(N)ccc1Cl.O=C(O)C(F)(F)F. The summed E-state index contributed by atoms with van der Waals surface area (Å²) in [5.41, 5.74) is 7.25. The molecule has 1 aromatic carbocycles. The Bertz CT molecular complexity index is 380. The maximum absolute atomic E-state index is 10.6. The van der Waals surface area contributed by atoms with E-state index in [0.29, 0.717) is 0 Å². The smallest absolute Gasteiger partial charge is 0.475 e. The van der Waals surface area contributed by atoms with Crippen molar-refractivity contribution in [1.82, 2.24) is 0 Å². The normalized spacial score (nSPS) is 10.3. The lowest BCUT2D eigenvalue weighted by atomic mass is 10.2. The molecule has 7 heteroatoms. The number of halogens is 4. The first-order valence-electron chi connectivity index (χ1n) is 3.96. The van der Waals surface area contributed by atoms with Crippen LogP contribution in [0.25, 0.3) is 0 Å². The molecule has 1 aromatic rings. The molecule has 90 valence electrons. The second-order valence-electron chi connectivity index (χ2n) is 2.81. The number of benzene rings is 1. The average molecular weight is 256 g/mol. The Morgan fingerprint density at radius 1 is 1.44 bits per heavy atom. The molecule has 0 aliphatic heterocycles. The molecule has 0 fully saturated rings. The van der Waals surface area contributed by atoms with Crippen molar-refractivity contribution in [1.29, 1.82) is 0 Å². The van der Waals surface area contributed by atoms with Gasteiger partial charge in [0, 0.05) is 10.7 Å². The van der Waals surface area contributed by atoms with Crippen LogP contribution in [0.1, 0.15) is 5.56 Å². The number of nitrogen functional groups attached to an aromatic ring is 1. The van der Waals surface area contributed by atoms with Gasteiger partial charge in [-0.15, -0.1) is 0 Å². The van der Waals surface area contributed by atoms with Gasteiger partial charge in [-0.1, -0.05) is 11.6 Å². The Morgan fingerprint density at radius 2 is 1.88 bits per heavy atom. The number of carbonyl (C=O) groups is 1. The Labute approximate surface area is 94.6 Å². The maximum Gasteiger partial charge on any atom is 0.490 e. The van der Waals surface area contributed by atoms with E-state index in [2.05, 4.69) is 0 Å². The lowest BCUT2D eigenvalue weighted by Gasteiger charge is -1.96. The number of nitrogens with two attached hydrogens (primary N) is 1. The van der Waals surface area contributed by atoms with Crippen LogP contribution in [-0.2, 0) is 4.79 Å². The highest BCUT2D eigenvalue weighted by Crippen LogP contribution is 2.16. The van der Waals surface area contributed by atoms with Crippen LogP contribution in [0.5, 0.6) is 0 Å². The predicted octanol–water partition coefficient (Wildman–Crippen LogP) is 2.86. The maximum atomic E-state index is 10.6. The number of hydrogen-bond donors (Lipinski definition) is 2. The zero-order valence-electron chi connectivity index (χ0n) is 8.18. The van der Waals surface area contributed by atoms with Gasteiger partial charge < -0.3 is 10.8 Å². The van der Waals surface area contributed by atoms with Crippen molar-refractivity contribution < 1.29 is 23.1 Å². The third kappa shape index (κ3) is 5.45. The fourth-order valence-electron chi connectivity index (χ4n) is 0.668. The molecular formula is C9H9ClF3NO2. The molecule has 0 aliphatic carbocycles. The van der Waals surface area contributed by atoms with Crippen molar-refractivity contribution in [2.75, 3.05) is 5.73 Å². The number of aryl methyl sites for hydroxylation is 1. The van der Waals surface area contributed by atoms with Crippen LogP contribution in [0, 0.1) is 6.92 Å². The Kier molecular flexibility index (Phi) is 5.10. The average Bonchev–Trinajstić information content (AvgIpc) is 2.11. The third-order valence-electron chi connectivity index (χ3n) is 1.42. The van der Waals surface area contributed by atoms with Crippen LogP contribution < -0.4 is 5.73 Å². The molecule has 0 aromatic heterocycles. The van der Waals surface area contributed by atoms with E-state index in [1.165, 1.54) is 0 Å². The van der Waals surface area contributed by atoms with Gasteiger partial charge >= 0.3 is 12.1 Å². The Hall–Kier alpha value is -1.43. The fourth-order valence-corrected chi connectivity index (χ4v) is 0.785. The molecule has 0 saturated carbocycles. The summed E-state index contributed by atoms with van der Waals surface area (Å²) in [4.78, 5) is 8.90. The molecule has 0 radical (unpaired) electrons. The minimum Gasteiger partial charge on any atom is -0.475 e. The second-order valence-corrected chi connectivity index (χ2v) is 3.22. The van der Waals surface area contributed by atoms with Crippen LogP contribution >= 0.6 is 11.6 Å². The predicted molar refractivity (Wildman–Crippen MR) is 54.3 cm³/mol. The quantitative estimate of drug-likeness (QED) is 0.701. The summed E-state index contributed by atoms with van der Waals surface area (Å²) in [5.74, 6) is -2.76. The first kappa shape index (κ1) is 14.6. The van der Waals surface area contributed by atoms with Crippen molar-refractivity contribution in [3.63, 3.8) is 0 Å². The highest BCUT2D eigenvalue weighted by Gasteiger charge is 2.38. The number of rotatable bonds is 0. The van der Waals surface area contributed by atoms with Crippen LogP contribution in [0.15, 0.2) is 18.2 Å². The van der Waals surface area contributed by atoms with Gasteiger partial charge in [-0.3, -0.25) is 0 Å². The molecular weight excluding hydrogens is 247 g/mol. The van der Waals surface area contributed by atoms with E-state index in [9.17, 15) is 13.2 Å². The summed E-state index contributed by atoms with van der Waals surface area (Å²) in [5, 5.41) is 7.89. The van der Waals surface area contributed by atoms with E-state index in [-0.39, 0.29) is 0 Å². The number of alkyl halides is 3. The standard InChI is InChI=1S/C7H8ClN.C2HF3O2/c1-5-4-6(9)2-3-7(5)8;3-2(4,5)1(6)7/h2-4H,9H2,1H3;(H,6,7). The highest BCUT2D eigenvalue weighted by molar-refractivity contribution is 6.31. The van der Waals surface area contributed by atoms with E-state index in [0.717, 1.165) is 16.3 Å². The molecule has 3 nitrogen and oxygen atoms in total. The summed E-state index contributed by atoms with van der Waals surface area (Å²) in [6.45, 7) is 1.93. The van der Waals surface area contributed by atoms with Gasteiger partial charge in [0.05, 0.1) is 0 Å². The van der Waals surface area contributed by atoms with Crippen molar-refractivity contribution in [2.45, 2.75) is 13.1 Å². The molecule has 3 N–H and O–H groups in total. The number of carboxylic acids is 1. The molecule has 0 amide bonds. The zero-order valence-corrected chi connectivity index (χ0v) is 8.93. The van der Waals surface area contributed by atoms with Crippen LogP contribution in [0.4, 0.5) is 18.9 Å². The van der Waals surface area contributed by atoms with Crippen molar-refractivity contribution >= 4 is 23.3 Å². The first-order chi connectivity index (χ1) is 7.14. The molecule has 0 saturated heterocycles. The number of anilines is 1. The molecule has 0 bridgehead atoms. The van der Waals surface area contributed by atoms with Gasteiger partial charge in [-0.2, -0.15) is 13.2 Å². The van der Waals surface area contributed by atoms with Gasteiger partial charge in [-0.05, 0) is 30.7 Å². The van der Waals surface area contributed by atoms with Gasteiger partial charge in [0.25, 0.3) is 0 Å². The van der Waals surface area contributed by atoms with Crippen molar-refractivity contribution in [3.8, 4) is 0 Å². The lowest BCUT2D eigenvalue weighted by molar-refractivity contribution is -0.192. The van der Waals surface area contributed by atoms with E-state index < -0.39 is 12.1 Å². The molecule has 16 heavy (non-hydrogen) atoms. The van der Waals surface area contributed by atoms with E-state index in [4.69, 9.17) is 27.2 Å². The number of hydrogen-bond acceptors (Lipinski definition) is 2. The lowest BCUT2D eigenvalue weighted by Crippen LogP contribution is -2.21. The fraction of sp³-hybridized carbons (Fsp3) is 0.222. The number of aliphatic carboxylic acids is 1. The molecule has 0 aliphatic rings. The number of carboxylic acid groups (broad SMARTS) is 1. The largest absolute Gasteiger partial charge is 0.490 e. The highest BCUT2D eigenvalue weighted by atomic mass is 35.5. The summed E-state index contributed by atoms with van der Waals surface area (Å²) in [7, 11) is 0. The first-order valence-corrected chi connectivity index (χ1v) is 4.34. The monoisotopic (exact) mass is 255 g/mol. The molecule has 0 unspecified atom stereocenters.